The minimum absolute atomic E-state index is 0.0295. The van der Waals surface area contributed by atoms with Crippen LogP contribution in [0.15, 0.2) is 24.3 Å². The fourth-order valence-corrected chi connectivity index (χ4v) is 2.39. The molecule has 1 aliphatic heterocycles. The molecule has 0 saturated carbocycles. The molecule has 5 heteroatoms. The van der Waals surface area contributed by atoms with Crippen molar-refractivity contribution in [2.75, 3.05) is 13.1 Å². The standard InChI is InChI=1S/C14H17NO4/c1-9-6-15(7-12(9)14(18)19)13(17)11-4-2-10(8-16)3-5-11/h2-5,9,12,16H,6-8H2,1H3,(H,18,19). The summed E-state index contributed by atoms with van der Waals surface area (Å²) < 4.78 is 0. The summed E-state index contributed by atoms with van der Waals surface area (Å²) in [6.07, 6.45) is 0. The molecule has 1 fully saturated rings. The quantitative estimate of drug-likeness (QED) is 0.852. The molecular formula is C14H17NO4. The Balaban J connectivity index is 2.10. The minimum atomic E-state index is -0.849. The topological polar surface area (TPSA) is 77.8 Å². The van der Waals surface area contributed by atoms with Gasteiger partial charge in [-0.2, -0.15) is 0 Å². The van der Waals surface area contributed by atoms with Crippen LogP contribution >= 0.6 is 0 Å². The van der Waals surface area contributed by atoms with Crippen molar-refractivity contribution in [2.45, 2.75) is 13.5 Å². The summed E-state index contributed by atoms with van der Waals surface area (Å²) in [6, 6.07) is 6.71. The van der Waals surface area contributed by atoms with Crippen molar-refractivity contribution in [3.63, 3.8) is 0 Å². The Bertz CT molecular complexity index is 483. The van der Waals surface area contributed by atoms with E-state index in [-0.39, 0.29) is 25.0 Å². The van der Waals surface area contributed by atoms with Crippen LogP contribution < -0.4 is 0 Å². The molecule has 0 bridgehead atoms. The maximum absolute atomic E-state index is 12.2. The Morgan fingerprint density at radius 2 is 1.89 bits per heavy atom. The third-order valence-electron chi connectivity index (χ3n) is 3.60. The molecule has 102 valence electrons. The smallest absolute Gasteiger partial charge is 0.308 e. The second kappa shape index (κ2) is 5.40. The summed E-state index contributed by atoms with van der Waals surface area (Å²) in [5, 5.41) is 18.0. The van der Waals surface area contributed by atoms with Crippen LogP contribution in [0.3, 0.4) is 0 Å². The van der Waals surface area contributed by atoms with Crippen LogP contribution in [0.2, 0.25) is 0 Å². The van der Waals surface area contributed by atoms with Crippen LogP contribution in [0.4, 0.5) is 0 Å². The average molecular weight is 263 g/mol. The summed E-state index contributed by atoms with van der Waals surface area (Å²) in [5.41, 5.74) is 1.27. The Morgan fingerprint density at radius 1 is 1.26 bits per heavy atom. The van der Waals surface area contributed by atoms with Crippen LogP contribution in [0.5, 0.6) is 0 Å². The minimum Gasteiger partial charge on any atom is -0.481 e. The van der Waals surface area contributed by atoms with Gasteiger partial charge in [-0.25, -0.2) is 0 Å². The molecule has 2 N–H and O–H groups in total. The molecule has 2 unspecified atom stereocenters. The van der Waals surface area contributed by atoms with E-state index < -0.39 is 11.9 Å². The van der Waals surface area contributed by atoms with Crippen LogP contribution in [-0.2, 0) is 11.4 Å². The summed E-state index contributed by atoms with van der Waals surface area (Å²) in [7, 11) is 0. The molecule has 0 spiro atoms. The number of amides is 1. The molecule has 1 amide bonds. The van der Waals surface area contributed by atoms with Gasteiger partial charge in [0, 0.05) is 18.7 Å². The SMILES string of the molecule is CC1CN(C(=O)c2ccc(CO)cc2)CC1C(=O)O. The van der Waals surface area contributed by atoms with Crippen LogP contribution in [0.25, 0.3) is 0 Å². The zero-order valence-electron chi connectivity index (χ0n) is 10.7. The number of rotatable bonds is 3. The first-order valence-corrected chi connectivity index (χ1v) is 6.24. The molecule has 5 nitrogen and oxygen atoms in total. The molecule has 0 aromatic heterocycles. The van der Waals surface area contributed by atoms with E-state index in [1.807, 2.05) is 6.92 Å². The number of nitrogens with zero attached hydrogens (tertiary/aromatic N) is 1. The van der Waals surface area contributed by atoms with E-state index in [0.29, 0.717) is 12.1 Å². The number of hydrogen-bond donors (Lipinski definition) is 2. The number of hydrogen-bond acceptors (Lipinski definition) is 3. The van der Waals surface area contributed by atoms with Crippen molar-refractivity contribution < 1.29 is 19.8 Å². The number of likely N-dealkylation sites (tertiary alicyclic amines) is 1. The fraction of sp³-hybridized carbons (Fsp3) is 0.429. The number of carboxylic acids is 1. The molecule has 0 aliphatic carbocycles. The molecule has 1 heterocycles. The Morgan fingerprint density at radius 3 is 2.37 bits per heavy atom. The normalized spacial score (nSPS) is 22.5. The van der Waals surface area contributed by atoms with Gasteiger partial charge in [-0.3, -0.25) is 9.59 Å². The summed E-state index contributed by atoms with van der Waals surface area (Å²) in [4.78, 5) is 24.8. The predicted octanol–water partition coefficient (Wildman–Crippen LogP) is 0.972. The summed E-state index contributed by atoms with van der Waals surface area (Å²) >= 11 is 0. The second-order valence-corrected chi connectivity index (χ2v) is 4.99. The molecular weight excluding hydrogens is 246 g/mol. The molecule has 2 atom stereocenters. The van der Waals surface area contributed by atoms with E-state index >= 15 is 0 Å². The van der Waals surface area contributed by atoms with Crippen molar-refractivity contribution in [3.05, 3.63) is 35.4 Å². The number of carbonyl (C=O) groups excluding carboxylic acids is 1. The van der Waals surface area contributed by atoms with E-state index in [1.54, 1.807) is 29.2 Å². The van der Waals surface area contributed by atoms with E-state index in [1.165, 1.54) is 0 Å². The van der Waals surface area contributed by atoms with E-state index in [0.717, 1.165) is 5.56 Å². The largest absolute Gasteiger partial charge is 0.481 e. The maximum Gasteiger partial charge on any atom is 0.308 e. The van der Waals surface area contributed by atoms with Gasteiger partial charge < -0.3 is 15.1 Å². The fourth-order valence-electron chi connectivity index (χ4n) is 2.39. The number of aliphatic hydroxyl groups excluding tert-OH is 1. The first kappa shape index (κ1) is 13.5. The van der Waals surface area contributed by atoms with Gasteiger partial charge in [0.05, 0.1) is 12.5 Å². The van der Waals surface area contributed by atoms with Gasteiger partial charge in [-0.05, 0) is 23.6 Å². The summed E-state index contributed by atoms with van der Waals surface area (Å²) in [6.45, 7) is 2.52. The third kappa shape index (κ3) is 2.76. The van der Waals surface area contributed by atoms with Gasteiger partial charge in [0.25, 0.3) is 5.91 Å². The first-order chi connectivity index (χ1) is 9.02. The van der Waals surface area contributed by atoms with Crippen molar-refractivity contribution in [1.29, 1.82) is 0 Å². The van der Waals surface area contributed by atoms with Gasteiger partial charge in [-0.15, -0.1) is 0 Å². The molecule has 1 aromatic rings. The lowest BCUT2D eigenvalue weighted by atomic mass is 9.99. The monoisotopic (exact) mass is 263 g/mol. The number of benzene rings is 1. The Hall–Kier alpha value is -1.88. The number of aliphatic hydroxyl groups is 1. The van der Waals surface area contributed by atoms with Gasteiger partial charge in [-0.1, -0.05) is 19.1 Å². The van der Waals surface area contributed by atoms with Gasteiger partial charge >= 0.3 is 5.97 Å². The van der Waals surface area contributed by atoms with Crippen molar-refractivity contribution in [1.82, 2.24) is 4.90 Å². The lowest BCUT2D eigenvalue weighted by Gasteiger charge is -2.16. The Labute approximate surface area is 111 Å². The molecule has 1 aliphatic rings. The molecule has 0 radical (unpaired) electrons. The Kier molecular flexibility index (Phi) is 3.85. The molecule has 19 heavy (non-hydrogen) atoms. The second-order valence-electron chi connectivity index (χ2n) is 4.99. The van der Waals surface area contributed by atoms with Crippen LogP contribution in [0, 0.1) is 11.8 Å². The first-order valence-electron chi connectivity index (χ1n) is 6.24. The lowest BCUT2D eigenvalue weighted by Crippen LogP contribution is -2.29. The van der Waals surface area contributed by atoms with Gasteiger partial charge in [0.1, 0.15) is 0 Å². The zero-order chi connectivity index (χ0) is 14.0. The third-order valence-corrected chi connectivity index (χ3v) is 3.60. The van der Waals surface area contributed by atoms with Gasteiger partial charge in [0.2, 0.25) is 0 Å². The highest BCUT2D eigenvalue weighted by Gasteiger charge is 2.37. The van der Waals surface area contributed by atoms with Crippen LogP contribution in [0.1, 0.15) is 22.8 Å². The molecule has 2 rings (SSSR count). The van der Waals surface area contributed by atoms with E-state index in [9.17, 15) is 9.59 Å². The number of carboxylic acid groups (broad SMARTS) is 1. The van der Waals surface area contributed by atoms with Gasteiger partial charge in [0.15, 0.2) is 0 Å². The van der Waals surface area contributed by atoms with Crippen LogP contribution in [-0.4, -0.2) is 40.1 Å². The highest BCUT2D eigenvalue weighted by atomic mass is 16.4. The van der Waals surface area contributed by atoms with E-state index in [2.05, 4.69) is 0 Å². The maximum atomic E-state index is 12.2. The van der Waals surface area contributed by atoms with Crippen molar-refractivity contribution in [2.24, 2.45) is 11.8 Å². The number of aliphatic carboxylic acids is 1. The highest BCUT2D eigenvalue weighted by Crippen LogP contribution is 2.24. The van der Waals surface area contributed by atoms with Crippen molar-refractivity contribution in [3.8, 4) is 0 Å². The summed E-state index contributed by atoms with van der Waals surface area (Å²) in [5.74, 6) is -1.52. The molecule has 1 saturated heterocycles. The molecule has 1 aromatic carbocycles. The lowest BCUT2D eigenvalue weighted by molar-refractivity contribution is -0.142. The predicted molar refractivity (Wildman–Crippen MR) is 68.6 cm³/mol. The van der Waals surface area contributed by atoms with E-state index in [4.69, 9.17) is 10.2 Å². The van der Waals surface area contributed by atoms with Crippen molar-refractivity contribution >= 4 is 11.9 Å². The average Bonchev–Trinajstić information content (AvgIpc) is 2.80. The zero-order valence-corrected chi connectivity index (χ0v) is 10.7. The number of carbonyl (C=O) groups is 2. The highest BCUT2D eigenvalue weighted by molar-refractivity contribution is 5.94.